The Morgan fingerprint density at radius 2 is 1.86 bits per heavy atom. The highest BCUT2D eigenvalue weighted by atomic mass is 16.4. The van der Waals surface area contributed by atoms with Gasteiger partial charge in [-0.05, 0) is 46.2 Å². The van der Waals surface area contributed by atoms with Crippen LogP contribution in [0.15, 0.2) is 34.7 Å². The topological polar surface area (TPSA) is 51.0 Å². The van der Waals surface area contributed by atoms with E-state index in [4.69, 9.17) is 4.42 Å². The first kappa shape index (κ1) is 15.7. The van der Waals surface area contributed by atoms with Crippen LogP contribution in [0, 0.1) is 0 Å². The van der Waals surface area contributed by atoms with E-state index in [1.165, 1.54) is 5.56 Å². The maximum Gasteiger partial charge on any atom is 0.223 e. The molecule has 2 rings (SSSR count). The molecule has 2 aromatic rings. The van der Waals surface area contributed by atoms with Crippen molar-refractivity contribution in [2.24, 2.45) is 0 Å². The van der Waals surface area contributed by atoms with Crippen LogP contribution in [0.1, 0.15) is 57.4 Å². The van der Waals surface area contributed by atoms with Gasteiger partial charge in [-0.3, -0.25) is 0 Å². The number of hydrogen-bond acceptors (Lipinski definition) is 4. The molecule has 4 nitrogen and oxygen atoms in total. The average molecular weight is 287 g/mol. The molecule has 1 unspecified atom stereocenters. The third-order valence-corrected chi connectivity index (χ3v) is 3.38. The molecule has 0 aliphatic rings. The van der Waals surface area contributed by atoms with Crippen LogP contribution >= 0.6 is 0 Å². The summed E-state index contributed by atoms with van der Waals surface area (Å²) in [5, 5.41) is 11.8. The van der Waals surface area contributed by atoms with E-state index in [9.17, 15) is 0 Å². The zero-order chi connectivity index (χ0) is 15.3. The molecule has 114 valence electrons. The van der Waals surface area contributed by atoms with Crippen LogP contribution < -0.4 is 5.32 Å². The van der Waals surface area contributed by atoms with Crippen molar-refractivity contribution in [3.63, 3.8) is 0 Å². The third-order valence-electron chi connectivity index (χ3n) is 3.38. The predicted octanol–water partition coefficient (Wildman–Crippen LogP) is 3.54. The first-order valence-corrected chi connectivity index (χ1v) is 7.58. The Balaban J connectivity index is 1.87. The van der Waals surface area contributed by atoms with E-state index >= 15 is 0 Å². The highest BCUT2D eigenvalue weighted by Gasteiger charge is 2.15. The summed E-state index contributed by atoms with van der Waals surface area (Å²) in [4.78, 5) is 0. The molecule has 0 spiro atoms. The lowest BCUT2D eigenvalue weighted by atomic mass is 10.0. The van der Waals surface area contributed by atoms with Gasteiger partial charge in [0.1, 0.15) is 0 Å². The van der Waals surface area contributed by atoms with Gasteiger partial charge in [0, 0.05) is 12.0 Å². The zero-order valence-electron chi connectivity index (χ0n) is 13.4. The molecule has 0 saturated carbocycles. The molecular formula is C17H25N3O. The molecule has 1 aromatic heterocycles. The number of nitrogens with one attached hydrogen (secondary N) is 1. The molecule has 1 N–H and O–H groups in total. The number of aryl methyl sites for hydroxylation is 1. The standard InChI is InChI=1S/C17H25N3O/c1-13(14-9-6-5-7-10-14)16-20-19-15(21-16)11-8-12-18-17(2,3)4/h5-7,9-10,13,18H,8,11-12H2,1-4H3. The van der Waals surface area contributed by atoms with Gasteiger partial charge in [0.05, 0.1) is 5.92 Å². The molecule has 1 atom stereocenters. The van der Waals surface area contributed by atoms with Gasteiger partial charge in [-0.15, -0.1) is 10.2 Å². The number of aromatic nitrogens is 2. The van der Waals surface area contributed by atoms with E-state index in [1.54, 1.807) is 0 Å². The Bertz CT molecular complexity index is 543. The van der Waals surface area contributed by atoms with Crippen LogP contribution in [0.5, 0.6) is 0 Å². The zero-order valence-corrected chi connectivity index (χ0v) is 13.4. The predicted molar refractivity (Wildman–Crippen MR) is 84.3 cm³/mol. The summed E-state index contributed by atoms with van der Waals surface area (Å²) in [6.07, 6.45) is 1.82. The summed E-state index contributed by atoms with van der Waals surface area (Å²) in [6, 6.07) is 10.2. The van der Waals surface area contributed by atoms with E-state index in [0.29, 0.717) is 5.89 Å². The van der Waals surface area contributed by atoms with Crippen molar-refractivity contribution < 1.29 is 4.42 Å². The highest BCUT2D eigenvalue weighted by molar-refractivity contribution is 5.23. The molecule has 0 aliphatic heterocycles. The SMILES string of the molecule is CC(c1ccccc1)c1nnc(CCCNC(C)(C)C)o1. The Morgan fingerprint density at radius 3 is 2.52 bits per heavy atom. The smallest absolute Gasteiger partial charge is 0.223 e. The first-order chi connectivity index (χ1) is 9.96. The van der Waals surface area contributed by atoms with Crippen molar-refractivity contribution in [2.45, 2.75) is 52.0 Å². The van der Waals surface area contributed by atoms with Crippen LogP contribution in [-0.4, -0.2) is 22.3 Å². The van der Waals surface area contributed by atoms with Crippen molar-refractivity contribution in [3.8, 4) is 0 Å². The Labute approximate surface area is 127 Å². The minimum Gasteiger partial charge on any atom is -0.425 e. The number of rotatable bonds is 6. The molecular weight excluding hydrogens is 262 g/mol. The van der Waals surface area contributed by atoms with Crippen LogP contribution in [0.4, 0.5) is 0 Å². The van der Waals surface area contributed by atoms with Gasteiger partial charge in [0.25, 0.3) is 0 Å². The van der Waals surface area contributed by atoms with Gasteiger partial charge in [-0.2, -0.15) is 0 Å². The lowest BCUT2D eigenvalue weighted by Crippen LogP contribution is -2.36. The minimum atomic E-state index is 0.139. The highest BCUT2D eigenvalue weighted by Crippen LogP contribution is 2.22. The van der Waals surface area contributed by atoms with Crippen molar-refractivity contribution in [3.05, 3.63) is 47.7 Å². The Kier molecular flexibility index (Phi) is 5.12. The van der Waals surface area contributed by atoms with E-state index in [-0.39, 0.29) is 11.5 Å². The lowest BCUT2D eigenvalue weighted by Gasteiger charge is -2.19. The van der Waals surface area contributed by atoms with Crippen LogP contribution in [0.25, 0.3) is 0 Å². The van der Waals surface area contributed by atoms with Crippen molar-refractivity contribution in [2.75, 3.05) is 6.54 Å². The fourth-order valence-corrected chi connectivity index (χ4v) is 2.13. The van der Waals surface area contributed by atoms with Crippen LogP contribution in [-0.2, 0) is 6.42 Å². The molecule has 0 bridgehead atoms. The largest absolute Gasteiger partial charge is 0.425 e. The minimum absolute atomic E-state index is 0.139. The van der Waals surface area contributed by atoms with Crippen molar-refractivity contribution >= 4 is 0 Å². The summed E-state index contributed by atoms with van der Waals surface area (Å²) < 4.78 is 5.78. The Hall–Kier alpha value is -1.68. The lowest BCUT2D eigenvalue weighted by molar-refractivity contribution is 0.402. The third kappa shape index (κ3) is 4.97. The maximum absolute atomic E-state index is 5.78. The quantitative estimate of drug-likeness (QED) is 0.826. The second-order valence-electron chi connectivity index (χ2n) is 6.45. The van der Waals surface area contributed by atoms with Gasteiger partial charge >= 0.3 is 0 Å². The van der Waals surface area contributed by atoms with Crippen molar-refractivity contribution in [1.82, 2.24) is 15.5 Å². The average Bonchev–Trinajstić information content (AvgIpc) is 2.91. The summed E-state index contributed by atoms with van der Waals surface area (Å²) >= 11 is 0. The van der Waals surface area contributed by atoms with Gasteiger partial charge in [-0.1, -0.05) is 30.3 Å². The molecule has 0 radical (unpaired) electrons. The van der Waals surface area contributed by atoms with Gasteiger partial charge in [0.15, 0.2) is 0 Å². The molecule has 0 aliphatic carbocycles. The molecule has 0 fully saturated rings. The van der Waals surface area contributed by atoms with Crippen LogP contribution in [0.2, 0.25) is 0 Å². The molecule has 1 aromatic carbocycles. The second-order valence-corrected chi connectivity index (χ2v) is 6.45. The molecule has 0 saturated heterocycles. The fourth-order valence-electron chi connectivity index (χ4n) is 2.13. The van der Waals surface area contributed by atoms with Gasteiger partial charge < -0.3 is 9.73 Å². The monoisotopic (exact) mass is 287 g/mol. The van der Waals surface area contributed by atoms with Gasteiger partial charge in [-0.25, -0.2) is 0 Å². The summed E-state index contributed by atoms with van der Waals surface area (Å²) in [5.74, 6) is 1.56. The summed E-state index contributed by atoms with van der Waals surface area (Å²) in [6.45, 7) is 9.54. The van der Waals surface area contributed by atoms with E-state index in [1.807, 2.05) is 18.2 Å². The van der Waals surface area contributed by atoms with Crippen LogP contribution in [0.3, 0.4) is 0 Å². The molecule has 0 amide bonds. The number of nitrogens with zero attached hydrogens (tertiary/aromatic N) is 2. The molecule has 4 heteroatoms. The summed E-state index contributed by atoms with van der Waals surface area (Å²) in [7, 11) is 0. The fraction of sp³-hybridized carbons (Fsp3) is 0.529. The molecule has 21 heavy (non-hydrogen) atoms. The summed E-state index contributed by atoms with van der Waals surface area (Å²) in [5.41, 5.74) is 1.35. The first-order valence-electron chi connectivity index (χ1n) is 7.58. The molecule has 1 heterocycles. The Morgan fingerprint density at radius 1 is 1.14 bits per heavy atom. The number of benzene rings is 1. The normalized spacial score (nSPS) is 13.3. The van der Waals surface area contributed by atoms with E-state index in [0.717, 1.165) is 25.3 Å². The van der Waals surface area contributed by atoms with E-state index < -0.39 is 0 Å². The van der Waals surface area contributed by atoms with Crippen molar-refractivity contribution in [1.29, 1.82) is 0 Å². The number of hydrogen-bond donors (Lipinski definition) is 1. The van der Waals surface area contributed by atoms with Gasteiger partial charge in [0.2, 0.25) is 11.8 Å². The maximum atomic E-state index is 5.78. The van der Waals surface area contributed by atoms with E-state index in [2.05, 4.69) is 55.3 Å². The second kappa shape index (κ2) is 6.85.